The van der Waals surface area contributed by atoms with Gasteiger partial charge in [0.15, 0.2) is 11.5 Å². The van der Waals surface area contributed by atoms with Crippen molar-refractivity contribution in [1.29, 1.82) is 0 Å². The molecule has 1 aliphatic heterocycles. The third-order valence-electron chi connectivity index (χ3n) is 4.15. The molecule has 2 aromatic carbocycles. The maximum atomic E-state index is 12.1. The maximum absolute atomic E-state index is 12.1. The second-order valence-electron chi connectivity index (χ2n) is 6.34. The minimum Gasteiger partial charge on any atom is -0.486 e. The van der Waals surface area contributed by atoms with Gasteiger partial charge in [-0.05, 0) is 42.8 Å². The topological polar surface area (TPSA) is 50.8 Å². The molecule has 0 radical (unpaired) electrons. The van der Waals surface area contributed by atoms with Gasteiger partial charge in [-0.1, -0.05) is 35.9 Å². The lowest BCUT2D eigenvalue weighted by molar-refractivity contribution is -0.122. The molecule has 0 unspecified atom stereocenters. The molecule has 26 heavy (non-hydrogen) atoms. The van der Waals surface area contributed by atoms with Crippen molar-refractivity contribution < 1.29 is 14.3 Å². The molecule has 0 aliphatic carbocycles. The molecule has 3 rings (SSSR count). The van der Waals surface area contributed by atoms with Gasteiger partial charge in [-0.2, -0.15) is 0 Å². The van der Waals surface area contributed by atoms with Gasteiger partial charge in [0, 0.05) is 18.1 Å². The number of amides is 1. The molecule has 0 saturated heterocycles. The number of likely N-dealkylation sites (N-methyl/N-ethyl adjacent to an activating group) is 1. The van der Waals surface area contributed by atoms with E-state index in [-0.39, 0.29) is 5.91 Å². The Morgan fingerprint density at radius 1 is 1.15 bits per heavy atom. The first-order chi connectivity index (χ1) is 12.6. The number of carbonyl (C=O) groups is 1. The predicted octanol–water partition coefficient (Wildman–Crippen LogP) is 2.90. The lowest BCUT2D eigenvalue weighted by Gasteiger charge is -2.19. The normalized spacial score (nSPS) is 12.9. The predicted molar refractivity (Wildman–Crippen MR) is 102 cm³/mol. The van der Waals surface area contributed by atoms with Crippen molar-refractivity contribution in [2.24, 2.45) is 0 Å². The Bertz CT molecular complexity index is 766. The van der Waals surface area contributed by atoms with Gasteiger partial charge in [0.05, 0.1) is 6.54 Å². The van der Waals surface area contributed by atoms with E-state index in [0.717, 1.165) is 34.1 Å². The van der Waals surface area contributed by atoms with Gasteiger partial charge in [-0.25, -0.2) is 0 Å². The average molecular weight is 375 g/mol. The van der Waals surface area contributed by atoms with Crippen LogP contribution in [0, 0.1) is 0 Å². The van der Waals surface area contributed by atoms with Crippen molar-refractivity contribution in [3.8, 4) is 11.5 Å². The zero-order valence-corrected chi connectivity index (χ0v) is 15.6. The summed E-state index contributed by atoms with van der Waals surface area (Å²) >= 11 is 6.16. The highest BCUT2D eigenvalue weighted by molar-refractivity contribution is 6.31. The molecule has 0 aromatic heterocycles. The highest BCUT2D eigenvalue weighted by atomic mass is 35.5. The van der Waals surface area contributed by atoms with Crippen LogP contribution in [0.4, 0.5) is 0 Å². The molecule has 1 amide bonds. The molecule has 1 heterocycles. The van der Waals surface area contributed by atoms with Gasteiger partial charge in [-0.3, -0.25) is 9.69 Å². The molecule has 5 nitrogen and oxygen atoms in total. The van der Waals surface area contributed by atoms with Gasteiger partial charge in [-0.15, -0.1) is 0 Å². The number of carbonyl (C=O) groups excluding carboxylic acids is 1. The molecule has 138 valence electrons. The Hall–Kier alpha value is -2.24. The van der Waals surface area contributed by atoms with Gasteiger partial charge in [0.1, 0.15) is 13.2 Å². The summed E-state index contributed by atoms with van der Waals surface area (Å²) in [5, 5.41) is 3.68. The van der Waals surface area contributed by atoms with E-state index in [1.165, 1.54) is 0 Å². The lowest BCUT2D eigenvalue weighted by atomic mass is 10.1. The van der Waals surface area contributed by atoms with Crippen LogP contribution in [0.5, 0.6) is 11.5 Å². The van der Waals surface area contributed by atoms with Crippen molar-refractivity contribution in [1.82, 2.24) is 10.2 Å². The first kappa shape index (κ1) is 18.5. The minimum atomic E-state index is -0.00269. The molecule has 0 bridgehead atoms. The molecule has 1 N–H and O–H groups in total. The fourth-order valence-electron chi connectivity index (χ4n) is 2.86. The third kappa shape index (κ3) is 5.13. The van der Waals surface area contributed by atoms with Gasteiger partial charge < -0.3 is 14.8 Å². The van der Waals surface area contributed by atoms with Crippen LogP contribution in [-0.4, -0.2) is 44.2 Å². The van der Waals surface area contributed by atoms with E-state index >= 15 is 0 Å². The molecule has 0 atom stereocenters. The van der Waals surface area contributed by atoms with Crippen LogP contribution in [0.1, 0.15) is 11.1 Å². The number of fused-ring (bicyclic) bond motifs is 1. The Labute approximate surface area is 158 Å². The van der Waals surface area contributed by atoms with Crippen LogP contribution in [0.3, 0.4) is 0 Å². The number of hydrogen-bond acceptors (Lipinski definition) is 4. The second kappa shape index (κ2) is 8.92. The average Bonchev–Trinajstić information content (AvgIpc) is 2.63. The first-order valence-electron chi connectivity index (χ1n) is 8.69. The summed E-state index contributed by atoms with van der Waals surface area (Å²) in [6.45, 7) is 2.70. The number of nitrogens with one attached hydrogen (secondary N) is 1. The Balaban J connectivity index is 1.42. The van der Waals surface area contributed by atoms with Crippen molar-refractivity contribution in [3.05, 3.63) is 58.6 Å². The smallest absolute Gasteiger partial charge is 0.234 e. The summed E-state index contributed by atoms with van der Waals surface area (Å²) in [6, 6.07) is 13.6. The molecule has 0 saturated carbocycles. The molecule has 0 spiro atoms. The van der Waals surface area contributed by atoms with Crippen LogP contribution in [0.25, 0.3) is 0 Å². The molecular formula is C20H23ClN2O3. The Morgan fingerprint density at radius 3 is 2.73 bits per heavy atom. The number of halogens is 1. The van der Waals surface area contributed by atoms with E-state index in [1.54, 1.807) is 0 Å². The highest BCUT2D eigenvalue weighted by Crippen LogP contribution is 2.30. The number of rotatable bonds is 7. The van der Waals surface area contributed by atoms with E-state index < -0.39 is 0 Å². The van der Waals surface area contributed by atoms with Gasteiger partial charge in [0.25, 0.3) is 0 Å². The first-order valence-corrected chi connectivity index (χ1v) is 9.07. The van der Waals surface area contributed by atoms with Crippen molar-refractivity contribution in [3.63, 3.8) is 0 Å². The van der Waals surface area contributed by atoms with E-state index in [9.17, 15) is 4.79 Å². The zero-order valence-electron chi connectivity index (χ0n) is 14.8. The number of benzene rings is 2. The minimum absolute atomic E-state index is 0.00269. The van der Waals surface area contributed by atoms with Crippen LogP contribution in [0.2, 0.25) is 5.02 Å². The number of ether oxygens (including phenoxy) is 2. The van der Waals surface area contributed by atoms with Crippen LogP contribution in [0.15, 0.2) is 42.5 Å². The Morgan fingerprint density at radius 2 is 1.92 bits per heavy atom. The summed E-state index contributed by atoms with van der Waals surface area (Å²) < 4.78 is 11.1. The molecule has 2 aromatic rings. The van der Waals surface area contributed by atoms with Gasteiger partial charge in [0.2, 0.25) is 5.91 Å². The van der Waals surface area contributed by atoms with E-state index in [2.05, 4.69) is 5.32 Å². The summed E-state index contributed by atoms with van der Waals surface area (Å²) in [7, 11) is 1.91. The van der Waals surface area contributed by atoms with E-state index in [4.69, 9.17) is 21.1 Å². The van der Waals surface area contributed by atoms with Crippen molar-refractivity contribution in [2.45, 2.75) is 13.0 Å². The monoisotopic (exact) mass is 374 g/mol. The van der Waals surface area contributed by atoms with E-state index in [0.29, 0.717) is 32.8 Å². The number of hydrogen-bond donors (Lipinski definition) is 1. The highest BCUT2D eigenvalue weighted by Gasteiger charge is 2.12. The van der Waals surface area contributed by atoms with Crippen LogP contribution >= 0.6 is 11.6 Å². The molecular weight excluding hydrogens is 352 g/mol. The summed E-state index contributed by atoms with van der Waals surface area (Å²) in [5.41, 5.74) is 2.12. The largest absolute Gasteiger partial charge is 0.486 e. The third-order valence-corrected chi connectivity index (χ3v) is 4.52. The SMILES string of the molecule is CN(CC(=O)NCCc1ccc2c(c1)OCCO2)Cc1ccccc1Cl. The fraction of sp³-hybridized carbons (Fsp3) is 0.350. The van der Waals surface area contributed by atoms with Crippen LogP contribution in [-0.2, 0) is 17.8 Å². The summed E-state index contributed by atoms with van der Waals surface area (Å²) in [5.74, 6) is 1.56. The molecule has 1 aliphatic rings. The fourth-order valence-corrected chi connectivity index (χ4v) is 3.06. The van der Waals surface area contributed by atoms with Crippen molar-refractivity contribution >= 4 is 17.5 Å². The standard InChI is InChI=1S/C20H23ClN2O3/c1-23(13-16-4-2-3-5-17(16)21)14-20(24)22-9-8-15-6-7-18-19(12-15)26-11-10-25-18/h2-7,12H,8-11,13-14H2,1H3,(H,22,24). The zero-order chi connectivity index (χ0) is 18.4. The van der Waals surface area contributed by atoms with Gasteiger partial charge >= 0.3 is 0 Å². The number of nitrogens with zero attached hydrogens (tertiary/aromatic N) is 1. The summed E-state index contributed by atoms with van der Waals surface area (Å²) in [4.78, 5) is 14.1. The van der Waals surface area contributed by atoms with Crippen molar-refractivity contribution in [2.75, 3.05) is 33.4 Å². The summed E-state index contributed by atoms with van der Waals surface area (Å²) in [6.07, 6.45) is 0.747. The molecule has 0 fully saturated rings. The van der Waals surface area contributed by atoms with Crippen LogP contribution < -0.4 is 14.8 Å². The maximum Gasteiger partial charge on any atom is 0.234 e. The second-order valence-corrected chi connectivity index (χ2v) is 6.75. The Kier molecular flexibility index (Phi) is 6.36. The quantitative estimate of drug-likeness (QED) is 0.809. The molecule has 6 heteroatoms. The van der Waals surface area contributed by atoms with E-state index in [1.807, 2.05) is 54.4 Å². The lowest BCUT2D eigenvalue weighted by Crippen LogP contribution is -2.35.